The van der Waals surface area contributed by atoms with Gasteiger partial charge in [-0.3, -0.25) is 0 Å². The van der Waals surface area contributed by atoms with E-state index >= 15 is 0 Å². The highest BCUT2D eigenvalue weighted by atomic mass is 19.4. The Bertz CT molecular complexity index is 314. The maximum Gasteiger partial charge on any atom is 0.396 e. The SMILES string of the molecule is CC(C)c1nnc(CC(F)(F)F)n1C. The van der Waals surface area contributed by atoms with E-state index in [1.165, 1.54) is 4.57 Å². The molecule has 0 bridgehead atoms. The molecule has 0 aliphatic heterocycles. The average Bonchev–Trinajstić information content (AvgIpc) is 2.29. The van der Waals surface area contributed by atoms with Crippen molar-refractivity contribution >= 4 is 0 Å². The first-order valence-corrected chi connectivity index (χ1v) is 4.26. The quantitative estimate of drug-likeness (QED) is 0.743. The molecule has 6 heteroatoms. The van der Waals surface area contributed by atoms with Crippen LogP contribution in [0.2, 0.25) is 0 Å². The second kappa shape index (κ2) is 3.59. The van der Waals surface area contributed by atoms with Gasteiger partial charge in [-0.05, 0) is 0 Å². The first-order chi connectivity index (χ1) is 6.31. The van der Waals surface area contributed by atoms with Crippen molar-refractivity contribution in [3.63, 3.8) is 0 Å². The fraction of sp³-hybridized carbons (Fsp3) is 0.750. The molecule has 1 rings (SSSR count). The maximum absolute atomic E-state index is 12.1. The minimum atomic E-state index is -4.23. The molecule has 0 spiro atoms. The summed E-state index contributed by atoms with van der Waals surface area (Å²) in [4.78, 5) is 0. The number of halogens is 3. The number of nitrogens with zero attached hydrogens (tertiary/aromatic N) is 3. The van der Waals surface area contributed by atoms with E-state index in [2.05, 4.69) is 10.2 Å². The standard InChI is InChI=1S/C8H12F3N3/c1-5(2)7-13-12-6(14(7)3)4-8(9,10)11/h5H,4H2,1-3H3. The van der Waals surface area contributed by atoms with Crippen LogP contribution in [0.4, 0.5) is 13.2 Å². The molecule has 1 aromatic heterocycles. The van der Waals surface area contributed by atoms with Crippen LogP contribution in [0.3, 0.4) is 0 Å². The Labute approximate surface area is 79.9 Å². The summed E-state index contributed by atoms with van der Waals surface area (Å²) in [5.41, 5.74) is 0. The van der Waals surface area contributed by atoms with Crippen molar-refractivity contribution in [1.82, 2.24) is 14.8 Å². The van der Waals surface area contributed by atoms with Crippen molar-refractivity contribution < 1.29 is 13.2 Å². The molecule has 0 aliphatic rings. The molecule has 1 aromatic rings. The molecule has 3 nitrogen and oxygen atoms in total. The predicted molar refractivity (Wildman–Crippen MR) is 44.9 cm³/mol. The lowest BCUT2D eigenvalue weighted by Gasteiger charge is -2.07. The van der Waals surface area contributed by atoms with Crippen molar-refractivity contribution in [2.24, 2.45) is 7.05 Å². The van der Waals surface area contributed by atoms with Crippen molar-refractivity contribution in [3.8, 4) is 0 Å². The monoisotopic (exact) mass is 207 g/mol. The van der Waals surface area contributed by atoms with Gasteiger partial charge in [0, 0.05) is 13.0 Å². The fourth-order valence-corrected chi connectivity index (χ4v) is 1.21. The lowest BCUT2D eigenvalue weighted by atomic mass is 10.2. The van der Waals surface area contributed by atoms with Crippen LogP contribution in [0.15, 0.2) is 0 Å². The summed E-state index contributed by atoms with van der Waals surface area (Å²) < 4.78 is 37.6. The molecule has 0 fully saturated rings. The number of hydrogen-bond donors (Lipinski definition) is 0. The van der Waals surface area contributed by atoms with E-state index in [1.54, 1.807) is 7.05 Å². The van der Waals surface area contributed by atoms with Gasteiger partial charge in [-0.1, -0.05) is 13.8 Å². The Hall–Kier alpha value is -1.07. The van der Waals surface area contributed by atoms with Crippen LogP contribution >= 0.6 is 0 Å². The van der Waals surface area contributed by atoms with Gasteiger partial charge in [0.2, 0.25) is 0 Å². The van der Waals surface area contributed by atoms with E-state index in [0.29, 0.717) is 5.82 Å². The Morgan fingerprint density at radius 2 is 1.86 bits per heavy atom. The van der Waals surface area contributed by atoms with E-state index in [-0.39, 0.29) is 11.7 Å². The molecular formula is C8H12F3N3. The molecule has 0 saturated carbocycles. The summed E-state index contributed by atoms with van der Waals surface area (Å²) in [5.74, 6) is 0.611. The smallest absolute Gasteiger partial charge is 0.318 e. The van der Waals surface area contributed by atoms with E-state index in [1.807, 2.05) is 13.8 Å². The van der Waals surface area contributed by atoms with Crippen molar-refractivity contribution in [3.05, 3.63) is 11.6 Å². The van der Waals surface area contributed by atoms with Gasteiger partial charge in [0.05, 0.1) is 0 Å². The number of aromatic nitrogens is 3. The first kappa shape index (κ1) is 11.0. The van der Waals surface area contributed by atoms with Crippen molar-refractivity contribution in [2.75, 3.05) is 0 Å². The first-order valence-electron chi connectivity index (χ1n) is 4.26. The molecule has 0 N–H and O–H groups in total. The van der Waals surface area contributed by atoms with E-state index in [4.69, 9.17) is 0 Å². The minimum Gasteiger partial charge on any atom is -0.318 e. The zero-order valence-corrected chi connectivity index (χ0v) is 8.26. The van der Waals surface area contributed by atoms with Gasteiger partial charge in [0.15, 0.2) is 0 Å². The largest absolute Gasteiger partial charge is 0.396 e. The third kappa shape index (κ3) is 2.46. The maximum atomic E-state index is 12.1. The van der Waals surface area contributed by atoms with Gasteiger partial charge in [0.25, 0.3) is 0 Å². The average molecular weight is 207 g/mol. The second-order valence-corrected chi connectivity index (χ2v) is 3.48. The van der Waals surface area contributed by atoms with Crippen LogP contribution in [-0.4, -0.2) is 20.9 Å². The fourth-order valence-electron chi connectivity index (χ4n) is 1.21. The lowest BCUT2D eigenvalue weighted by Crippen LogP contribution is -2.16. The Kier molecular flexibility index (Phi) is 2.82. The molecule has 0 amide bonds. The molecular weight excluding hydrogens is 195 g/mol. The summed E-state index contributed by atoms with van der Waals surface area (Å²) in [5, 5.41) is 7.23. The number of alkyl halides is 3. The Balaban J connectivity index is 2.91. The van der Waals surface area contributed by atoms with E-state index in [0.717, 1.165) is 0 Å². The molecule has 0 unspecified atom stereocenters. The predicted octanol–water partition coefficient (Wildman–Crippen LogP) is 2.04. The Morgan fingerprint density at radius 1 is 1.29 bits per heavy atom. The van der Waals surface area contributed by atoms with Gasteiger partial charge in [-0.25, -0.2) is 0 Å². The van der Waals surface area contributed by atoms with Gasteiger partial charge in [-0.2, -0.15) is 13.2 Å². The zero-order chi connectivity index (χ0) is 10.9. The van der Waals surface area contributed by atoms with Crippen molar-refractivity contribution in [1.29, 1.82) is 0 Å². The van der Waals surface area contributed by atoms with Crippen molar-refractivity contribution in [2.45, 2.75) is 32.4 Å². The third-order valence-electron chi connectivity index (χ3n) is 1.87. The number of hydrogen-bond acceptors (Lipinski definition) is 2. The summed E-state index contributed by atoms with van der Waals surface area (Å²) in [6.45, 7) is 3.72. The zero-order valence-electron chi connectivity index (χ0n) is 8.26. The molecule has 0 radical (unpaired) electrons. The van der Waals surface area contributed by atoms with Crippen LogP contribution in [0.5, 0.6) is 0 Å². The van der Waals surface area contributed by atoms with Crippen LogP contribution < -0.4 is 0 Å². The second-order valence-electron chi connectivity index (χ2n) is 3.48. The van der Waals surface area contributed by atoms with Gasteiger partial charge >= 0.3 is 6.18 Å². The summed E-state index contributed by atoms with van der Waals surface area (Å²) in [6.07, 6.45) is -5.25. The van der Waals surface area contributed by atoms with Crippen LogP contribution in [0.1, 0.15) is 31.4 Å². The van der Waals surface area contributed by atoms with Crippen LogP contribution in [-0.2, 0) is 13.5 Å². The molecule has 0 saturated heterocycles. The molecule has 1 heterocycles. The molecule has 14 heavy (non-hydrogen) atoms. The van der Waals surface area contributed by atoms with Gasteiger partial charge in [-0.15, -0.1) is 10.2 Å². The normalized spacial score (nSPS) is 12.5. The highest BCUT2D eigenvalue weighted by Crippen LogP contribution is 2.21. The highest BCUT2D eigenvalue weighted by Gasteiger charge is 2.30. The van der Waals surface area contributed by atoms with E-state index < -0.39 is 12.6 Å². The molecule has 80 valence electrons. The summed E-state index contributed by atoms with van der Waals surface area (Å²) in [7, 11) is 1.55. The van der Waals surface area contributed by atoms with Crippen LogP contribution in [0, 0.1) is 0 Å². The van der Waals surface area contributed by atoms with Gasteiger partial charge in [0.1, 0.15) is 18.1 Å². The third-order valence-corrected chi connectivity index (χ3v) is 1.87. The summed E-state index contributed by atoms with van der Waals surface area (Å²) in [6, 6.07) is 0. The van der Waals surface area contributed by atoms with Gasteiger partial charge < -0.3 is 4.57 Å². The topological polar surface area (TPSA) is 30.7 Å². The molecule has 0 aliphatic carbocycles. The van der Waals surface area contributed by atoms with Crippen LogP contribution in [0.25, 0.3) is 0 Å². The van der Waals surface area contributed by atoms with E-state index in [9.17, 15) is 13.2 Å². The number of rotatable bonds is 2. The molecule has 0 atom stereocenters. The Morgan fingerprint density at radius 3 is 2.21 bits per heavy atom. The summed E-state index contributed by atoms with van der Waals surface area (Å²) >= 11 is 0. The minimum absolute atomic E-state index is 0.0406. The highest BCUT2D eigenvalue weighted by molar-refractivity contribution is 5.00. The lowest BCUT2D eigenvalue weighted by molar-refractivity contribution is -0.128. The molecule has 0 aromatic carbocycles.